The Kier molecular flexibility index (Phi) is 5.17. The third-order valence-corrected chi connectivity index (χ3v) is 7.06. The van der Waals surface area contributed by atoms with Gasteiger partial charge in [0.25, 0.3) is 0 Å². The molecule has 5 rings (SSSR count). The largest absolute Gasteiger partial charge is 0.297 e. The maximum Gasteiger partial charge on any atom is 0.237 e. The normalized spacial score (nSPS) is 25.1. The highest BCUT2D eigenvalue weighted by Gasteiger charge is 2.52. The van der Waals surface area contributed by atoms with Crippen molar-refractivity contribution in [1.82, 2.24) is 14.7 Å². The number of carbonyl (C=O) groups excluding carboxylic acids is 2. The van der Waals surface area contributed by atoms with Crippen LogP contribution in [0.15, 0.2) is 54.6 Å². The number of hydrogen-bond donors (Lipinski definition) is 0. The van der Waals surface area contributed by atoms with Gasteiger partial charge in [0, 0.05) is 39.1 Å². The Morgan fingerprint density at radius 3 is 2.20 bits per heavy atom. The quantitative estimate of drug-likeness (QED) is 0.737. The summed E-state index contributed by atoms with van der Waals surface area (Å²) in [6.45, 7) is 5.10. The number of amides is 2. The summed E-state index contributed by atoms with van der Waals surface area (Å²) in [7, 11) is 0. The molecular weight excluding hydrogens is 374 g/mol. The van der Waals surface area contributed by atoms with Gasteiger partial charge in [0.15, 0.2) is 0 Å². The number of hydrogen-bond acceptors (Lipinski definition) is 4. The zero-order valence-electron chi connectivity index (χ0n) is 17.4. The SMILES string of the molecule is O=C1CC2(CCc3ccccc3C2)C(=O)N1CN1CCN(Cc2ccccc2)CC1. The molecule has 2 aromatic carbocycles. The summed E-state index contributed by atoms with van der Waals surface area (Å²) < 4.78 is 0. The van der Waals surface area contributed by atoms with Gasteiger partial charge in [-0.2, -0.15) is 0 Å². The second-order valence-corrected chi connectivity index (χ2v) is 9.05. The van der Waals surface area contributed by atoms with Crippen molar-refractivity contribution < 1.29 is 9.59 Å². The number of fused-ring (bicyclic) bond motifs is 1. The minimum Gasteiger partial charge on any atom is -0.297 e. The van der Waals surface area contributed by atoms with Crippen molar-refractivity contribution in [3.05, 3.63) is 71.3 Å². The lowest BCUT2D eigenvalue weighted by molar-refractivity contribution is -0.144. The van der Waals surface area contributed by atoms with Gasteiger partial charge in [0.1, 0.15) is 0 Å². The minimum absolute atomic E-state index is 0.00564. The van der Waals surface area contributed by atoms with Crippen molar-refractivity contribution in [2.24, 2.45) is 5.41 Å². The average Bonchev–Trinajstić information content (AvgIpc) is 2.99. The van der Waals surface area contributed by atoms with Crippen LogP contribution in [0.1, 0.15) is 29.5 Å². The number of likely N-dealkylation sites (tertiary alicyclic amines) is 1. The van der Waals surface area contributed by atoms with E-state index in [4.69, 9.17) is 0 Å². The number of rotatable bonds is 4. The van der Waals surface area contributed by atoms with E-state index in [1.165, 1.54) is 16.7 Å². The maximum absolute atomic E-state index is 13.3. The fourth-order valence-electron chi connectivity index (χ4n) is 5.27. The topological polar surface area (TPSA) is 43.9 Å². The lowest BCUT2D eigenvalue weighted by Gasteiger charge is -2.37. The van der Waals surface area contributed by atoms with Crippen LogP contribution in [-0.4, -0.2) is 59.4 Å². The van der Waals surface area contributed by atoms with E-state index in [0.717, 1.165) is 45.6 Å². The lowest BCUT2D eigenvalue weighted by Crippen LogP contribution is -2.51. The molecule has 3 aliphatic rings. The van der Waals surface area contributed by atoms with Gasteiger partial charge in [-0.05, 0) is 36.0 Å². The number of imide groups is 1. The Hall–Kier alpha value is -2.50. The van der Waals surface area contributed by atoms with Crippen LogP contribution in [0.3, 0.4) is 0 Å². The summed E-state index contributed by atoms with van der Waals surface area (Å²) >= 11 is 0. The highest BCUT2D eigenvalue weighted by atomic mass is 16.2. The van der Waals surface area contributed by atoms with Crippen molar-refractivity contribution in [1.29, 1.82) is 0 Å². The summed E-state index contributed by atoms with van der Waals surface area (Å²) in [5.74, 6) is 0.0554. The summed E-state index contributed by atoms with van der Waals surface area (Å²) in [6.07, 6.45) is 2.75. The zero-order valence-corrected chi connectivity index (χ0v) is 17.4. The Morgan fingerprint density at radius 1 is 0.767 bits per heavy atom. The maximum atomic E-state index is 13.3. The molecule has 2 amide bonds. The van der Waals surface area contributed by atoms with Gasteiger partial charge in [0.2, 0.25) is 11.8 Å². The third-order valence-electron chi connectivity index (χ3n) is 7.06. The van der Waals surface area contributed by atoms with E-state index in [0.29, 0.717) is 19.5 Å². The van der Waals surface area contributed by atoms with Crippen LogP contribution in [0.2, 0.25) is 0 Å². The van der Waals surface area contributed by atoms with Gasteiger partial charge < -0.3 is 0 Å². The molecule has 5 heteroatoms. The van der Waals surface area contributed by atoms with Gasteiger partial charge in [-0.25, -0.2) is 0 Å². The average molecular weight is 404 g/mol. The second kappa shape index (κ2) is 7.97. The van der Waals surface area contributed by atoms with Crippen LogP contribution >= 0.6 is 0 Å². The van der Waals surface area contributed by atoms with E-state index in [2.05, 4.69) is 52.3 Å². The van der Waals surface area contributed by atoms with Crippen molar-refractivity contribution in [2.75, 3.05) is 32.8 Å². The van der Waals surface area contributed by atoms with Crippen LogP contribution in [0, 0.1) is 5.41 Å². The first kappa shape index (κ1) is 19.5. The summed E-state index contributed by atoms with van der Waals surface area (Å²) in [6, 6.07) is 18.9. The van der Waals surface area contributed by atoms with Gasteiger partial charge in [-0.3, -0.25) is 24.3 Å². The third kappa shape index (κ3) is 3.68. The van der Waals surface area contributed by atoms with E-state index in [-0.39, 0.29) is 11.8 Å². The first-order valence-electron chi connectivity index (χ1n) is 11.0. The van der Waals surface area contributed by atoms with E-state index < -0.39 is 5.41 Å². The summed E-state index contributed by atoms with van der Waals surface area (Å²) in [5.41, 5.74) is 3.38. The molecule has 1 unspecified atom stereocenters. The predicted octanol–water partition coefficient (Wildman–Crippen LogP) is 2.70. The first-order chi connectivity index (χ1) is 14.6. The zero-order chi connectivity index (χ0) is 20.6. The lowest BCUT2D eigenvalue weighted by atomic mass is 9.70. The molecule has 2 heterocycles. The van der Waals surface area contributed by atoms with Crippen molar-refractivity contribution in [3.63, 3.8) is 0 Å². The van der Waals surface area contributed by atoms with E-state index in [9.17, 15) is 9.59 Å². The Labute approximate surface area is 178 Å². The van der Waals surface area contributed by atoms with Crippen LogP contribution in [0.4, 0.5) is 0 Å². The number of benzene rings is 2. The van der Waals surface area contributed by atoms with Gasteiger partial charge in [-0.1, -0.05) is 54.6 Å². The van der Waals surface area contributed by atoms with E-state index in [1.807, 2.05) is 12.1 Å². The number of carbonyl (C=O) groups is 2. The monoisotopic (exact) mass is 403 g/mol. The second-order valence-electron chi connectivity index (χ2n) is 9.05. The molecule has 0 bridgehead atoms. The fourth-order valence-corrected chi connectivity index (χ4v) is 5.27. The first-order valence-corrected chi connectivity index (χ1v) is 11.0. The van der Waals surface area contributed by atoms with Crippen LogP contribution in [-0.2, 0) is 29.0 Å². The molecule has 2 fully saturated rings. The molecule has 2 saturated heterocycles. The van der Waals surface area contributed by atoms with Crippen molar-refractivity contribution in [2.45, 2.75) is 32.2 Å². The standard InChI is InChI=1S/C25H29N3O2/c29-23-17-25(11-10-21-8-4-5-9-22(21)16-25)24(30)28(23)19-27-14-12-26(13-15-27)18-20-6-2-1-3-7-20/h1-9H,10-19H2. The molecule has 1 spiro atoms. The molecule has 0 radical (unpaired) electrons. The molecule has 1 atom stereocenters. The molecule has 1 aliphatic carbocycles. The summed E-state index contributed by atoms with van der Waals surface area (Å²) in [5, 5.41) is 0. The van der Waals surface area contributed by atoms with Gasteiger partial charge >= 0.3 is 0 Å². The van der Waals surface area contributed by atoms with E-state index >= 15 is 0 Å². The summed E-state index contributed by atoms with van der Waals surface area (Å²) in [4.78, 5) is 32.4. The number of aryl methyl sites for hydroxylation is 1. The van der Waals surface area contributed by atoms with Crippen LogP contribution in [0.5, 0.6) is 0 Å². The smallest absolute Gasteiger partial charge is 0.237 e. The van der Waals surface area contributed by atoms with Crippen LogP contribution in [0.25, 0.3) is 0 Å². The van der Waals surface area contributed by atoms with Gasteiger partial charge in [-0.15, -0.1) is 0 Å². The highest BCUT2D eigenvalue weighted by molar-refractivity contribution is 6.06. The molecule has 2 aromatic rings. The molecule has 5 nitrogen and oxygen atoms in total. The molecule has 0 N–H and O–H groups in total. The Balaban J connectivity index is 1.19. The Morgan fingerprint density at radius 2 is 1.43 bits per heavy atom. The molecule has 2 aliphatic heterocycles. The fraction of sp³-hybridized carbons (Fsp3) is 0.440. The number of nitrogens with zero attached hydrogens (tertiary/aromatic N) is 3. The predicted molar refractivity (Wildman–Crippen MR) is 116 cm³/mol. The number of piperazine rings is 1. The van der Waals surface area contributed by atoms with Crippen molar-refractivity contribution >= 4 is 11.8 Å². The van der Waals surface area contributed by atoms with Gasteiger partial charge in [0.05, 0.1) is 12.1 Å². The molecule has 156 valence electrons. The van der Waals surface area contributed by atoms with E-state index in [1.54, 1.807) is 4.90 Å². The van der Waals surface area contributed by atoms with Crippen LogP contribution < -0.4 is 0 Å². The molecular formula is C25H29N3O2. The minimum atomic E-state index is -0.513. The highest BCUT2D eigenvalue weighted by Crippen LogP contribution is 2.44. The molecule has 30 heavy (non-hydrogen) atoms. The molecule has 0 saturated carbocycles. The van der Waals surface area contributed by atoms with Crippen molar-refractivity contribution in [3.8, 4) is 0 Å². The molecule has 0 aromatic heterocycles. The Bertz CT molecular complexity index is 936.